The molecule has 4 rings (SSSR count). The Morgan fingerprint density at radius 1 is 0.770 bits per heavy atom. The third kappa shape index (κ3) is 18.2. The van der Waals surface area contributed by atoms with E-state index >= 15 is 0 Å². The number of thioether (sulfide) groups is 1. The molecule has 0 aliphatic rings. The number of esters is 1. The Labute approximate surface area is 392 Å². The molecule has 0 spiro atoms. The number of phosphoric acid groups is 1. The monoisotopic (exact) mass is 974 g/mol. The predicted molar refractivity (Wildman–Crippen MR) is 230 cm³/mol. The van der Waals surface area contributed by atoms with E-state index in [0.717, 1.165) is 5.56 Å². The van der Waals surface area contributed by atoms with Gasteiger partial charge in [0.25, 0.3) is 0 Å². The van der Waals surface area contributed by atoms with Crippen LogP contribution < -0.4 is 5.32 Å². The average molecular weight is 975 g/mol. The summed E-state index contributed by atoms with van der Waals surface area (Å²) >= 11 is 8.16. The molecular weight excluding hydrogens is 922 g/mol. The predicted octanol–water partition coefficient (Wildman–Crippen LogP) is 8.41. The van der Waals surface area contributed by atoms with Crippen LogP contribution in [0, 0.1) is 6.92 Å². The summed E-state index contributed by atoms with van der Waals surface area (Å²) in [5.74, 6) is -0.976. The molecule has 0 fully saturated rings. The van der Waals surface area contributed by atoms with Gasteiger partial charge in [0.05, 0.1) is 38.8 Å². The quantitative estimate of drug-likeness (QED) is 0.0298. The van der Waals surface area contributed by atoms with Crippen LogP contribution in [-0.2, 0) is 91.8 Å². The number of benzene rings is 4. The molecule has 4 aromatic carbocycles. The van der Waals surface area contributed by atoms with Crippen molar-refractivity contribution in [3.8, 4) is 0 Å². The van der Waals surface area contributed by atoms with Crippen LogP contribution in [-0.4, -0.2) is 85.7 Å². The van der Waals surface area contributed by atoms with Crippen molar-refractivity contribution < 1.29 is 89.3 Å². The minimum Gasteiger partial charge on any atom is -0.443 e. The molecule has 4 aromatic rings. The van der Waals surface area contributed by atoms with Gasteiger partial charge in [0.15, 0.2) is 11.6 Å². The van der Waals surface area contributed by atoms with E-state index in [-0.39, 0.29) is 58.3 Å². The van der Waals surface area contributed by atoms with Crippen molar-refractivity contribution in [3.63, 3.8) is 0 Å². The summed E-state index contributed by atoms with van der Waals surface area (Å²) in [6, 6.07) is 30.7. The van der Waals surface area contributed by atoms with Crippen molar-refractivity contribution in [1.29, 1.82) is 0 Å². The van der Waals surface area contributed by atoms with Gasteiger partial charge in [-0.15, -0.1) is 0 Å². The fourth-order valence-electron chi connectivity index (χ4n) is 5.63. The van der Waals surface area contributed by atoms with Gasteiger partial charge in [0.1, 0.15) is 12.2 Å². The van der Waals surface area contributed by atoms with E-state index in [1.54, 1.807) is 99.6 Å². The molecule has 2 N–H and O–H groups in total. The molecule has 0 saturated carbocycles. The molecule has 0 heterocycles. The number of carbonyl (C=O) groups is 3. The van der Waals surface area contributed by atoms with Crippen LogP contribution in [0.4, 0.5) is 4.79 Å². The van der Waals surface area contributed by atoms with E-state index < -0.39 is 49.7 Å². The van der Waals surface area contributed by atoms with E-state index in [2.05, 4.69) is 5.32 Å². The Kier molecular flexibility index (Phi) is 22.7. The Balaban J connectivity index is 0.00000992. The SMILES string of the molecule is Cc1ccc(C(OC(=O)C(COP(=O)(O)OCc2ccccc2)NC(=O)CSCCCOCCOCCOC(=O)OC(C)(C)C)(c2ccccc2)c2ccccc2Cl)cc1.[Y]. The number of nitrogens with one attached hydrogen (secondary N) is 1. The first kappa shape index (κ1) is 52.2. The number of amides is 1. The molecule has 0 aromatic heterocycles. The molecule has 3 atom stereocenters. The second-order valence-electron chi connectivity index (χ2n) is 14.4. The van der Waals surface area contributed by atoms with Gasteiger partial charge in [-0.25, -0.2) is 14.2 Å². The van der Waals surface area contributed by atoms with Gasteiger partial charge in [-0.1, -0.05) is 120 Å². The van der Waals surface area contributed by atoms with E-state index in [9.17, 15) is 23.8 Å². The van der Waals surface area contributed by atoms with Gasteiger partial charge >= 0.3 is 19.9 Å². The molecule has 17 heteroatoms. The molecule has 1 amide bonds. The number of carbonyl (C=O) groups excluding carboxylic acids is 3. The molecule has 0 saturated heterocycles. The topological polar surface area (TPSA) is 165 Å². The number of hydrogen-bond donors (Lipinski definition) is 2. The third-order valence-corrected chi connectivity index (χ3v) is 10.7. The molecule has 0 aliphatic heterocycles. The molecule has 3 unspecified atom stereocenters. The maximum atomic E-state index is 14.5. The largest absolute Gasteiger partial charge is 0.508 e. The molecule has 61 heavy (non-hydrogen) atoms. The number of hydrogen-bond acceptors (Lipinski definition) is 12. The molecule has 13 nitrogen and oxygen atoms in total. The van der Waals surface area contributed by atoms with Crippen molar-refractivity contribution in [2.45, 2.75) is 58.0 Å². The van der Waals surface area contributed by atoms with Crippen molar-refractivity contribution in [2.24, 2.45) is 0 Å². The van der Waals surface area contributed by atoms with Crippen molar-refractivity contribution >= 4 is 49.2 Å². The maximum absolute atomic E-state index is 14.5. The second-order valence-corrected chi connectivity index (χ2v) is 17.4. The molecule has 0 aliphatic carbocycles. The van der Waals surface area contributed by atoms with Gasteiger partial charge in [-0.05, 0) is 51.5 Å². The van der Waals surface area contributed by atoms with Crippen LogP contribution in [0.15, 0.2) is 109 Å². The molecule has 1 radical (unpaired) electrons. The van der Waals surface area contributed by atoms with E-state index in [1.807, 2.05) is 37.3 Å². The Hall–Kier alpha value is -3.14. The first-order valence-electron chi connectivity index (χ1n) is 19.3. The van der Waals surface area contributed by atoms with E-state index in [0.29, 0.717) is 59.3 Å². The van der Waals surface area contributed by atoms with Crippen molar-refractivity contribution in [3.05, 3.63) is 142 Å². The summed E-state index contributed by atoms with van der Waals surface area (Å²) < 4.78 is 51.1. The standard InChI is InChI=1S/C44H53ClNO12PS.Y/c1-33-20-22-36(23-21-33)44(35-16-9-6-10-17-35,37-18-11-12-19-38(37)45)57-41(48)39(31-56-59(50,51)55-30-34-14-7-5-8-15-34)46-40(47)32-60-29-13-24-52-25-26-53-27-28-54-42(49)58-43(2,3)4;/h5-12,14-23,39H,13,24-32H2,1-4H3,(H,46,47)(H,50,51);. The van der Waals surface area contributed by atoms with Gasteiger partial charge < -0.3 is 33.9 Å². The normalized spacial score (nSPS) is 13.7. The zero-order chi connectivity index (χ0) is 43.4. The minimum absolute atomic E-state index is 0. The number of halogens is 1. The summed E-state index contributed by atoms with van der Waals surface area (Å²) in [6.07, 6.45) is -0.136. The molecule has 0 bridgehead atoms. The summed E-state index contributed by atoms with van der Waals surface area (Å²) in [5, 5.41) is 2.97. The Morgan fingerprint density at radius 2 is 1.36 bits per heavy atom. The van der Waals surface area contributed by atoms with E-state index in [4.69, 9.17) is 44.3 Å². The van der Waals surface area contributed by atoms with Crippen LogP contribution >= 0.6 is 31.2 Å². The fraction of sp³-hybridized carbons (Fsp3) is 0.386. The summed E-state index contributed by atoms with van der Waals surface area (Å²) in [6.45, 7) is 7.49. The minimum atomic E-state index is -4.73. The fourth-order valence-corrected chi connectivity index (χ4v) is 7.36. The van der Waals surface area contributed by atoms with Crippen LogP contribution in [0.3, 0.4) is 0 Å². The van der Waals surface area contributed by atoms with Gasteiger partial charge in [-0.2, -0.15) is 11.8 Å². The van der Waals surface area contributed by atoms with Gasteiger partial charge in [0.2, 0.25) is 5.91 Å². The summed E-state index contributed by atoms with van der Waals surface area (Å²) in [4.78, 5) is 50.1. The van der Waals surface area contributed by atoms with Gasteiger partial charge in [-0.3, -0.25) is 13.8 Å². The summed E-state index contributed by atoms with van der Waals surface area (Å²) in [5.41, 5.74) is 0.937. The molecule has 327 valence electrons. The van der Waals surface area contributed by atoms with Gasteiger partial charge in [0, 0.05) is 61.0 Å². The Bertz CT molecular complexity index is 1990. The third-order valence-electron chi connectivity index (χ3n) is 8.43. The van der Waals surface area contributed by atoms with Crippen LogP contribution in [0.5, 0.6) is 0 Å². The number of phosphoric ester groups is 1. The molecular formula is C44H53ClNO12PSY. The first-order valence-corrected chi connectivity index (χ1v) is 22.4. The average Bonchev–Trinajstić information content (AvgIpc) is 3.21. The summed E-state index contributed by atoms with van der Waals surface area (Å²) in [7, 11) is -4.73. The first-order chi connectivity index (χ1) is 28.7. The van der Waals surface area contributed by atoms with Crippen molar-refractivity contribution in [2.75, 3.05) is 51.1 Å². The maximum Gasteiger partial charge on any atom is 0.508 e. The van der Waals surface area contributed by atoms with Crippen molar-refractivity contribution in [1.82, 2.24) is 5.32 Å². The Morgan fingerprint density at radius 3 is 2.02 bits per heavy atom. The number of rotatable bonds is 24. The smallest absolute Gasteiger partial charge is 0.443 e. The van der Waals surface area contributed by atoms with E-state index in [1.165, 1.54) is 11.8 Å². The van der Waals surface area contributed by atoms with Crippen LogP contribution in [0.1, 0.15) is 55.0 Å². The second kappa shape index (κ2) is 26.5. The number of aryl methyl sites for hydroxylation is 1. The number of ether oxygens (including phenoxy) is 5. The van der Waals surface area contributed by atoms with Crippen LogP contribution in [0.2, 0.25) is 5.02 Å². The zero-order valence-corrected chi connectivity index (χ0v) is 40.1. The zero-order valence-electron chi connectivity index (χ0n) is 34.8. The van der Waals surface area contributed by atoms with Crippen LogP contribution in [0.25, 0.3) is 0 Å².